The number of sulfonamides is 1. The maximum absolute atomic E-state index is 12.3. The monoisotopic (exact) mass is 454 g/mol. The molecule has 0 spiro atoms. The molecule has 0 bridgehead atoms. The summed E-state index contributed by atoms with van der Waals surface area (Å²) in [6.45, 7) is 3.18. The van der Waals surface area contributed by atoms with Crippen molar-refractivity contribution in [1.29, 1.82) is 0 Å². The Morgan fingerprint density at radius 2 is 1.77 bits per heavy atom. The number of unbranched alkanes of at least 4 members (excludes halogenated alkanes) is 4. The molecule has 0 aromatic carbocycles. The highest BCUT2D eigenvalue weighted by molar-refractivity contribution is 7.88. The van der Waals surface area contributed by atoms with E-state index in [9.17, 15) is 13.2 Å². The summed E-state index contributed by atoms with van der Waals surface area (Å²) in [5, 5.41) is 5.59. The predicted molar refractivity (Wildman–Crippen MR) is 123 cm³/mol. The van der Waals surface area contributed by atoms with Crippen LogP contribution in [0.25, 0.3) is 0 Å². The van der Waals surface area contributed by atoms with E-state index in [1.165, 1.54) is 23.7 Å². The summed E-state index contributed by atoms with van der Waals surface area (Å²) < 4.78 is 25.9. The Hall–Kier alpha value is -1.71. The first-order valence-corrected chi connectivity index (χ1v) is 13.2. The van der Waals surface area contributed by atoms with Gasteiger partial charge in [-0.1, -0.05) is 43.0 Å². The maximum atomic E-state index is 12.3. The number of carbonyl (C=O) groups excluding carboxylic acids is 1. The van der Waals surface area contributed by atoms with Crippen molar-refractivity contribution in [3.05, 3.63) is 24.5 Å². The molecule has 1 aliphatic carbocycles. The highest BCUT2D eigenvalue weighted by atomic mass is 32.2. The van der Waals surface area contributed by atoms with Crippen molar-refractivity contribution in [2.75, 3.05) is 30.8 Å². The van der Waals surface area contributed by atoms with Crippen molar-refractivity contribution in [3.8, 4) is 0 Å². The average molecular weight is 455 g/mol. The molecule has 1 saturated carbocycles. The lowest BCUT2D eigenvalue weighted by Crippen LogP contribution is -2.35. The average Bonchev–Trinajstić information content (AvgIpc) is 2.78. The van der Waals surface area contributed by atoms with Gasteiger partial charge in [-0.05, 0) is 50.7 Å². The molecule has 176 valence electrons. The molecule has 1 heterocycles. The Kier molecular flexibility index (Phi) is 11.8. The van der Waals surface area contributed by atoms with Crippen molar-refractivity contribution in [2.45, 2.75) is 71.1 Å². The van der Waals surface area contributed by atoms with Crippen molar-refractivity contribution in [2.24, 2.45) is 5.92 Å². The quantitative estimate of drug-likeness (QED) is 0.322. The zero-order valence-electron chi connectivity index (χ0n) is 18.7. The molecule has 0 saturated heterocycles. The minimum Gasteiger partial charge on any atom is -0.338 e. The van der Waals surface area contributed by atoms with Crippen LogP contribution < -0.4 is 10.6 Å². The number of nitrogens with one attached hydrogen (secondary N) is 2. The molecule has 1 aromatic rings. The molecule has 1 aromatic heterocycles. The van der Waals surface area contributed by atoms with Crippen molar-refractivity contribution < 1.29 is 18.0 Å². The Morgan fingerprint density at radius 1 is 1.10 bits per heavy atom. The van der Waals surface area contributed by atoms with E-state index >= 15 is 0 Å². The van der Waals surface area contributed by atoms with Crippen LogP contribution in [0.4, 0.5) is 10.5 Å². The summed E-state index contributed by atoms with van der Waals surface area (Å²) >= 11 is 0. The third-order valence-corrected chi connectivity index (χ3v) is 7.23. The van der Waals surface area contributed by atoms with Crippen LogP contribution in [0.15, 0.2) is 24.5 Å². The topological polar surface area (TPSA) is 101 Å². The van der Waals surface area contributed by atoms with Gasteiger partial charge in [0, 0.05) is 31.2 Å². The third-order valence-electron chi connectivity index (χ3n) is 5.60. The number of carbonyl (C=O) groups is 1. The van der Waals surface area contributed by atoms with Crippen LogP contribution in [0.2, 0.25) is 0 Å². The molecule has 1 fully saturated rings. The minimum absolute atomic E-state index is 0.0604. The zero-order chi connectivity index (χ0) is 22.4. The highest BCUT2D eigenvalue weighted by Gasteiger charge is 2.23. The van der Waals surface area contributed by atoms with Crippen LogP contribution in [0.1, 0.15) is 71.1 Å². The lowest BCUT2D eigenvalue weighted by atomic mass is 9.90. The summed E-state index contributed by atoms with van der Waals surface area (Å²) in [7, 11) is -3.35. The van der Waals surface area contributed by atoms with Gasteiger partial charge in [-0.3, -0.25) is 9.82 Å². The standard InChI is InChI=1S/C22H38N4O4S/c1-2-31(28,29)26(30-19-20-11-7-6-8-12-20)18-10-5-3-4-9-15-24-22(27)25-21-13-16-23-17-14-21/h13-14,16-17,20H,2-12,15,18-19H2,1H3,(H2,23,24,25,27). The van der Waals surface area contributed by atoms with E-state index in [2.05, 4.69) is 15.6 Å². The Bertz CT molecular complexity index is 724. The maximum Gasteiger partial charge on any atom is 0.319 e. The number of anilines is 1. The van der Waals surface area contributed by atoms with Gasteiger partial charge < -0.3 is 10.6 Å². The van der Waals surface area contributed by atoms with Gasteiger partial charge in [0.2, 0.25) is 10.0 Å². The fraction of sp³-hybridized carbons (Fsp3) is 0.727. The van der Waals surface area contributed by atoms with E-state index in [0.717, 1.165) is 44.9 Å². The number of hydroxylamine groups is 1. The predicted octanol–water partition coefficient (Wildman–Crippen LogP) is 4.32. The Balaban J connectivity index is 1.55. The van der Waals surface area contributed by atoms with Crippen LogP contribution in [0, 0.1) is 5.92 Å². The van der Waals surface area contributed by atoms with Gasteiger partial charge in [-0.15, -0.1) is 0 Å². The zero-order valence-corrected chi connectivity index (χ0v) is 19.5. The van der Waals surface area contributed by atoms with Crippen LogP contribution in [0.3, 0.4) is 0 Å². The van der Waals surface area contributed by atoms with E-state index in [1.54, 1.807) is 31.5 Å². The van der Waals surface area contributed by atoms with Gasteiger partial charge in [0.1, 0.15) is 0 Å². The van der Waals surface area contributed by atoms with Crippen molar-refractivity contribution >= 4 is 21.7 Å². The number of rotatable bonds is 14. The number of amides is 2. The second kappa shape index (κ2) is 14.4. The van der Waals surface area contributed by atoms with Gasteiger partial charge in [0.15, 0.2) is 0 Å². The molecule has 0 radical (unpaired) electrons. The molecular formula is C22H38N4O4S. The number of hydrogen-bond acceptors (Lipinski definition) is 5. The first kappa shape index (κ1) is 25.5. The van der Waals surface area contributed by atoms with E-state index < -0.39 is 10.0 Å². The molecule has 2 N–H and O–H groups in total. The number of hydrogen-bond donors (Lipinski definition) is 2. The largest absolute Gasteiger partial charge is 0.338 e. The molecule has 8 nitrogen and oxygen atoms in total. The minimum atomic E-state index is -3.35. The van der Waals surface area contributed by atoms with E-state index in [0.29, 0.717) is 31.3 Å². The van der Waals surface area contributed by atoms with E-state index in [1.807, 2.05) is 0 Å². The Labute approximate surface area is 187 Å². The fourth-order valence-corrected chi connectivity index (χ4v) is 4.60. The molecule has 0 aliphatic heterocycles. The van der Waals surface area contributed by atoms with Gasteiger partial charge >= 0.3 is 6.03 Å². The lowest BCUT2D eigenvalue weighted by molar-refractivity contribution is -0.103. The van der Waals surface area contributed by atoms with E-state index in [-0.39, 0.29) is 11.8 Å². The second-order valence-electron chi connectivity index (χ2n) is 8.11. The molecule has 9 heteroatoms. The lowest BCUT2D eigenvalue weighted by Gasteiger charge is -2.26. The first-order valence-electron chi connectivity index (χ1n) is 11.6. The number of aromatic nitrogens is 1. The highest BCUT2D eigenvalue weighted by Crippen LogP contribution is 2.24. The SMILES string of the molecule is CCS(=O)(=O)N(CCCCCCCNC(=O)Nc1ccncc1)OCC1CCCCC1. The fourth-order valence-electron chi connectivity index (χ4n) is 3.68. The molecule has 2 amide bonds. The van der Waals surface area contributed by atoms with Crippen LogP contribution >= 0.6 is 0 Å². The van der Waals surface area contributed by atoms with Crippen molar-refractivity contribution in [3.63, 3.8) is 0 Å². The van der Waals surface area contributed by atoms with E-state index in [4.69, 9.17) is 4.84 Å². The van der Waals surface area contributed by atoms with Gasteiger partial charge in [0.05, 0.1) is 12.4 Å². The molecule has 0 atom stereocenters. The number of nitrogens with zero attached hydrogens (tertiary/aromatic N) is 2. The van der Waals surface area contributed by atoms with Gasteiger partial charge in [-0.25, -0.2) is 13.2 Å². The number of urea groups is 1. The molecule has 1 aliphatic rings. The summed E-state index contributed by atoms with van der Waals surface area (Å²) in [5.41, 5.74) is 0.713. The normalized spacial score (nSPS) is 15.2. The van der Waals surface area contributed by atoms with Crippen molar-refractivity contribution in [1.82, 2.24) is 14.8 Å². The second-order valence-corrected chi connectivity index (χ2v) is 10.3. The molecular weight excluding hydrogens is 416 g/mol. The first-order chi connectivity index (χ1) is 15.0. The summed E-state index contributed by atoms with van der Waals surface area (Å²) in [5.74, 6) is 0.539. The summed E-state index contributed by atoms with van der Waals surface area (Å²) in [6.07, 6.45) is 13.8. The smallest absolute Gasteiger partial charge is 0.319 e. The molecule has 31 heavy (non-hydrogen) atoms. The van der Waals surface area contributed by atoms with Gasteiger partial charge in [0.25, 0.3) is 0 Å². The molecule has 2 rings (SSSR count). The number of pyridine rings is 1. The summed E-state index contributed by atoms with van der Waals surface area (Å²) in [6, 6.07) is 3.25. The van der Waals surface area contributed by atoms with Crippen LogP contribution in [-0.4, -0.2) is 49.4 Å². The van der Waals surface area contributed by atoms with Crippen LogP contribution in [-0.2, 0) is 14.9 Å². The molecule has 0 unspecified atom stereocenters. The van der Waals surface area contributed by atoms with Crippen LogP contribution in [0.5, 0.6) is 0 Å². The third kappa shape index (κ3) is 10.4. The van der Waals surface area contributed by atoms with Gasteiger partial charge in [-0.2, -0.15) is 0 Å². The Morgan fingerprint density at radius 3 is 2.48 bits per heavy atom. The summed E-state index contributed by atoms with van der Waals surface area (Å²) in [4.78, 5) is 21.5.